The molecule has 0 amide bonds. The van der Waals surface area contributed by atoms with Crippen LogP contribution in [-0.4, -0.2) is 41.7 Å². The SMILES string of the molecule is O=C(O)CN(CCOc1cccc(Cl)c1)C1CC1. The first-order chi connectivity index (χ1) is 8.65. The smallest absolute Gasteiger partial charge is 0.317 e. The topological polar surface area (TPSA) is 49.8 Å². The highest BCUT2D eigenvalue weighted by Crippen LogP contribution is 2.26. The number of hydrogen-bond acceptors (Lipinski definition) is 3. The van der Waals surface area contributed by atoms with E-state index in [1.807, 2.05) is 17.0 Å². The zero-order valence-electron chi connectivity index (χ0n) is 10.0. The Labute approximate surface area is 111 Å². The summed E-state index contributed by atoms with van der Waals surface area (Å²) in [6.45, 7) is 1.19. The number of carboxylic acids is 1. The maximum Gasteiger partial charge on any atom is 0.317 e. The molecule has 0 bridgehead atoms. The summed E-state index contributed by atoms with van der Waals surface area (Å²) in [5.41, 5.74) is 0. The quantitative estimate of drug-likeness (QED) is 0.825. The van der Waals surface area contributed by atoms with E-state index >= 15 is 0 Å². The Balaban J connectivity index is 1.77. The third-order valence-corrected chi connectivity index (χ3v) is 3.08. The Kier molecular flexibility index (Phi) is 4.44. The van der Waals surface area contributed by atoms with Crippen LogP contribution >= 0.6 is 11.6 Å². The van der Waals surface area contributed by atoms with E-state index in [9.17, 15) is 4.79 Å². The highest BCUT2D eigenvalue weighted by atomic mass is 35.5. The lowest BCUT2D eigenvalue weighted by molar-refractivity contribution is -0.138. The molecule has 2 rings (SSSR count). The van der Waals surface area contributed by atoms with Crippen LogP contribution in [0.25, 0.3) is 0 Å². The lowest BCUT2D eigenvalue weighted by Crippen LogP contribution is -2.35. The minimum absolute atomic E-state index is 0.0869. The van der Waals surface area contributed by atoms with Crippen molar-refractivity contribution in [3.8, 4) is 5.75 Å². The number of ether oxygens (including phenoxy) is 1. The number of carbonyl (C=O) groups is 1. The van der Waals surface area contributed by atoms with Gasteiger partial charge >= 0.3 is 5.97 Å². The monoisotopic (exact) mass is 269 g/mol. The molecule has 0 atom stereocenters. The van der Waals surface area contributed by atoms with Gasteiger partial charge in [-0.2, -0.15) is 0 Å². The van der Waals surface area contributed by atoms with Crippen LogP contribution in [0.5, 0.6) is 5.75 Å². The lowest BCUT2D eigenvalue weighted by Gasteiger charge is -2.19. The molecular formula is C13H16ClNO3. The predicted molar refractivity (Wildman–Crippen MR) is 69.2 cm³/mol. The van der Waals surface area contributed by atoms with E-state index in [0.717, 1.165) is 12.8 Å². The second-order valence-corrected chi connectivity index (χ2v) is 4.84. The summed E-state index contributed by atoms with van der Waals surface area (Å²) in [5, 5.41) is 9.45. The van der Waals surface area contributed by atoms with Crippen LogP contribution < -0.4 is 4.74 Å². The summed E-state index contributed by atoms with van der Waals surface area (Å²) < 4.78 is 5.56. The molecule has 1 fully saturated rings. The summed E-state index contributed by atoms with van der Waals surface area (Å²) in [5.74, 6) is -0.0711. The van der Waals surface area contributed by atoms with Crippen molar-refractivity contribution in [1.29, 1.82) is 0 Å². The number of aliphatic carboxylic acids is 1. The molecule has 0 heterocycles. The maximum atomic E-state index is 10.7. The largest absolute Gasteiger partial charge is 0.492 e. The number of benzene rings is 1. The van der Waals surface area contributed by atoms with Crippen LogP contribution in [0.4, 0.5) is 0 Å². The molecule has 0 saturated heterocycles. The number of halogens is 1. The molecule has 0 unspecified atom stereocenters. The summed E-state index contributed by atoms with van der Waals surface area (Å²) in [4.78, 5) is 12.7. The Bertz CT molecular complexity index is 420. The predicted octanol–water partition coefficient (Wildman–Crippen LogP) is 2.27. The van der Waals surface area contributed by atoms with Crippen molar-refractivity contribution in [2.24, 2.45) is 0 Å². The first-order valence-electron chi connectivity index (χ1n) is 5.99. The fourth-order valence-electron chi connectivity index (χ4n) is 1.84. The summed E-state index contributed by atoms with van der Waals surface area (Å²) in [6.07, 6.45) is 2.18. The standard InChI is InChI=1S/C13H16ClNO3/c14-10-2-1-3-12(8-10)18-7-6-15(9-13(16)17)11-4-5-11/h1-3,8,11H,4-7,9H2,(H,16,17). The Morgan fingerprint density at radius 2 is 2.28 bits per heavy atom. The zero-order chi connectivity index (χ0) is 13.0. The molecule has 1 aromatic carbocycles. The molecule has 18 heavy (non-hydrogen) atoms. The third-order valence-electron chi connectivity index (χ3n) is 2.84. The highest BCUT2D eigenvalue weighted by Gasteiger charge is 2.29. The average Bonchev–Trinajstić information content (AvgIpc) is 3.11. The minimum Gasteiger partial charge on any atom is -0.492 e. The van der Waals surface area contributed by atoms with Crippen LogP contribution in [0.15, 0.2) is 24.3 Å². The van der Waals surface area contributed by atoms with E-state index < -0.39 is 5.97 Å². The van der Waals surface area contributed by atoms with E-state index in [1.54, 1.807) is 12.1 Å². The van der Waals surface area contributed by atoms with Gasteiger partial charge in [-0.3, -0.25) is 9.69 Å². The van der Waals surface area contributed by atoms with Gasteiger partial charge in [0.05, 0.1) is 6.54 Å². The molecule has 1 aromatic rings. The Hall–Kier alpha value is -1.26. The summed E-state index contributed by atoms with van der Waals surface area (Å²) in [6, 6.07) is 7.62. The fraction of sp³-hybridized carbons (Fsp3) is 0.462. The van der Waals surface area contributed by atoms with Gasteiger partial charge in [-0.05, 0) is 31.0 Å². The van der Waals surface area contributed by atoms with Gasteiger partial charge in [0.1, 0.15) is 12.4 Å². The van der Waals surface area contributed by atoms with Crippen molar-refractivity contribution in [1.82, 2.24) is 4.90 Å². The number of nitrogens with zero attached hydrogens (tertiary/aromatic N) is 1. The van der Waals surface area contributed by atoms with Gasteiger partial charge in [0.15, 0.2) is 0 Å². The molecule has 0 spiro atoms. The van der Waals surface area contributed by atoms with E-state index in [0.29, 0.717) is 30.0 Å². The average molecular weight is 270 g/mol. The molecule has 1 aliphatic carbocycles. The molecule has 1 aliphatic rings. The van der Waals surface area contributed by atoms with E-state index in [1.165, 1.54) is 0 Å². The van der Waals surface area contributed by atoms with E-state index in [4.69, 9.17) is 21.4 Å². The van der Waals surface area contributed by atoms with Gasteiger partial charge in [-0.1, -0.05) is 17.7 Å². The molecular weight excluding hydrogens is 254 g/mol. The highest BCUT2D eigenvalue weighted by molar-refractivity contribution is 6.30. The summed E-state index contributed by atoms with van der Waals surface area (Å²) in [7, 11) is 0. The second kappa shape index (κ2) is 6.07. The number of hydrogen-bond donors (Lipinski definition) is 1. The minimum atomic E-state index is -0.787. The van der Waals surface area contributed by atoms with Crippen molar-refractivity contribution in [2.75, 3.05) is 19.7 Å². The van der Waals surface area contributed by atoms with Gasteiger partial charge < -0.3 is 9.84 Å². The van der Waals surface area contributed by atoms with Crippen molar-refractivity contribution >= 4 is 17.6 Å². The van der Waals surface area contributed by atoms with Gasteiger partial charge in [0.25, 0.3) is 0 Å². The van der Waals surface area contributed by atoms with Gasteiger partial charge in [-0.15, -0.1) is 0 Å². The van der Waals surface area contributed by atoms with Crippen molar-refractivity contribution in [3.05, 3.63) is 29.3 Å². The number of rotatable bonds is 7. The molecule has 1 N–H and O–H groups in total. The van der Waals surface area contributed by atoms with Crippen LogP contribution in [0.1, 0.15) is 12.8 Å². The van der Waals surface area contributed by atoms with Crippen molar-refractivity contribution in [2.45, 2.75) is 18.9 Å². The van der Waals surface area contributed by atoms with Gasteiger partial charge in [0, 0.05) is 17.6 Å². The first-order valence-corrected chi connectivity index (χ1v) is 6.37. The first kappa shape index (κ1) is 13.2. The molecule has 0 aliphatic heterocycles. The Morgan fingerprint density at radius 1 is 1.50 bits per heavy atom. The maximum absolute atomic E-state index is 10.7. The van der Waals surface area contributed by atoms with Gasteiger partial charge in [-0.25, -0.2) is 0 Å². The van der Waals surface area contributed by atoms with Crippen molar-refractivity contribution in [3.63, 3.8) is 0 Å². The third kappa shape index (κ3) is 4.20. The summed E-state index contributed by atoms with van der Waals surface area (Å²) >= 11 is 5.85. The molecule has 4 nitrogen and oxygen atoms in total. The molecule has 5 heteroatoms. The van der Waals surface area contributed by atoms with Crippen LogP contribution in [0.2, 0.25) is 5.02 Å². The normalized spacial score (nSPS) is 14.8. The van der Waals surface area contributed by atoms with Crippen molar-refractivity contribution < 1.29 is 14.6 Å². The fourth-order valence-corrected chi connectivity index (χ4v) is 2.02. The zero-order valence-corrected chi connectivity index (χ0v) is 10.8. The molecule has 0 radical (unpaired) electrons. The Morgan fingerprint density at radius 3 is 2.89 bits per heavy atom. The van der Waals surface area contributed by atoms with Crippen LogP contribution in [0, 0.1) is 0 Å². The molecule has 0 aromatic heterocycles. The molecule has 98 valence electrons. The second-order valence-electron chi connectivity index (χ2n) is 4.40. The van der Waals surface area contributed by atoms with Gasteiger partial charge in [0.2, 0.25) is 0 Å². The van der Waals surface area contributed by atoms with Crippen LogP contribution in [0.3, 0.4) is 0 Å². The van der Waals surface area contributed by atoms with Crippen LogP contribution in [-0.2, 0) is 4.79 Å². The number of carboxylic acid groups (broad SMARTS) is 1. The van der Waals surface area contributed by atoms with E-state index in [2.05, 4.69) is 0 Å². The van der Waals surface area contributed by atoms with E-state index in [-0.39, 0.29) is 6.54 Å². The molecule has 1 saturated carbocycles. The lowest BCUT2D eigenvalue weighted by atomic mass is 10.3.